The van der Waals surface area contributed by atoms with E-state index in [0.29, 0.717) is 13.0 Å². The van der Waals surface area contributed by atoms with Crippen LogP contribution in [0.2, 0.25) is 18.6 Å². The first-order valence-electron chi connectivity index (χ1n) is 18.3. The summed E-state index contributed by atoms with van der Waals surface area (Å²) in [6.07, 6.45) is 3.88. The third-order valence-electron chi connectivity index (χ3n) is 10.9. The van der Waals surface area contributed by atoms with Gasteiger partial charge in [0.25, 0.3) is 0 Å². The molecule has 1 aromatic heterocycles. The number of carbonyl (C=O) groups is 2. The Morgan fingerprint density at radius 1 is 0.904 bits per heavy atom. The van der Waals surface area contributed by atoms with Gasteiger partial charge in [0.1, 0.15) is 5.75 Å². The number of amides is 2. The number of para-hydroxylation sites is 1. The number of hydrogen-bond donors (Lipinski definition) is 3. The van der Waals surface area contributed by atoms with Crippen LogP contribution in [-0.4, -0.2) is 67.3 Å². The molecule has 9 heteroatoms. The average molecular weight is 718 g/mol. The Morgan fingerprint density at radius 3 is 2.33 bits per heavy atom. The van der Waals surface area contributed by atoms with Gasteiger partial charge in [0, 0.05) is 35.9 Å². The van der Waals surface area contributed by atoms with E-state index in [-0.39, 0.29) is 55.1 Å². The molecule has 4 aromatic carbocycles. The summed E-state index contributed by atoms with van der Waals surface area (Å²) in [5, 5.41) is 15.3. The number of aliphatic hydroxyl groups excluding tert-OH is 1. The lowest BCUT2D eigenvalue weighted by Gasteiger charge is -2.36. The Labute approximate surface area is 308 Å². The predicted molar refractivity (Wildman–Crippen MR) is 211 cm³/mol. The highest BCUT2D eigenvalue weighted by Gasteiger charge is 2.51. The van der Waals surface area contributed by atoms with E-state index in [9.17, 15) is 14.7 Å². The number of nitrogens with one attached hydrogen (secondary N) is 2. The van der Waals surface area contributed by atoms with E-state index in [1.807, 2.05) is 85.1 Å². The highest BCUT2D eigenvalue weighted by Crippen LogP contribution is 2.46. The molecule has 2 amide bonds. The Bertz CT molecular complexity index is 1930. The monoisotopic (exact) mass is 717 g/mol. The van der Waals surface area contributed by atoms with E-state index in [2.05, 4.69) is 54.6 Å². The van der Waals surface area contributed by atoms with Gasteiger partial charge in [0.2, 0.25) is 11.8 Å². The molecular weight excluding hydrogens is 667 g/mol. The van der Waals surface area contributed by atoms with Crippen molar-refractivity contribution in [1.29, 1.82) is 0 Å². The second kappa shape index (κ2) is 16.8. The van der Waals surface area contributed by atoms with Crippen molar-refractivity contribution in [2.24, 2.45) is 5.92 Å². The molecule has 3 N–H and O–H groups in total. The van der Waals surface area contributed by atoms with Crippen molar-refractivity contribution in [2.75, 3.05) is 25.6 Å². The third kappa shape index (κ3) is 8.66. The number of rotatable bonds is 15. The molecule has 52 heavy (non-hydrogen) atoms. The molecule has 8 nitrogen and oxygen atoms in total. The SMILES string of the molecule is COc1ccc([Si](C)(C)[C@H]2[C@H](C)[C@H](CCc3ccc(NC(=O)Cc4c[nH]c5ccccc45)cc3)O[C@@H]2CC(=O)N(CCO)Cc2ccccc2)cc1. The van der Waals surface area contributed by atoms with Crippen LogP contribution in [0, 0.1) is 5.92 Å². The minimum atomic E-state index is -2.16. The van der Waals surface area contributed by atoms with Crippen LogP contribution in [-0.2, 0) is 33.7 Å². The van der Waals surface area contributed by atoms with Crippen LogP contribution in [0.3, 0.4) is 0 Å². The lowest BCUT2D eigenvalue weighted by Crippen LogP contribution is -2.51. The topological polar surface area (TPSA) is 104 Å². The molecule has 4 atom stereocenters. The Hall–Kier alpha value is -4.70. The van der Waals surface area contributed by atoms with Gasteiger partial charge in [-0.3, -0.25) is 9.59 Å². The molecule has 1 saturated heterocycles. The summed E-state index contributed by atoms with van der Waals surface area (Å²) in [7, 11) is -0.477. The van der Waals surface area contributed by atoms with E-state index in [4.69, 9.17) is 9.47 Å². The van der Waals surface area contributed by atoms with Crippen molar-refractivity contribution in [2.45, 2.75) is 70.0 Å². The number of carbonyl (C=O) groups excluding carboxylic acids is 2. The molecule has 0 spiro atoms. The summed E-state index contributed by atoms with van der Waals surface area (Å²) in [6, 6.07) is 34.4. The highest BCUT2D eigenvalue weighted by atomic mass is 28.3. The largest absolute Gasteiger partial charge is 0.497 e. The fourth-order valence-corrected chi connectivity index (χ4v) is 12.1. The van der Waals surface area contributed by atoms with E-state index in [0.717, 1.165) is 46.3 Å². The summed E-state index contributed by atoms with van der Waals surface area (Å²) in [5.74, 6) is 1.02. The molecule has 0 saturated carbocycles. The summed E-state index contributed by atoms with van der Waals surface area (Å²) in [4.78, 5) is 31.8. The summed E-state index contributed by atoms with van der Waals surface area (Å²) in [5.41, 5.74) is 5.18. The lowest BCUT2D eigenvalue weighted by atomic mass is 9.95. The molecule has 2 heterocycles. The number of hydrogen-bond acceptors (Lipinski definition) is 5. The molecule has 272 valence electrons. The van der Waals surface area contributed by atoms with Gasteiger partial charge in [0.05, 0.1) is 46.8 Å². The Balaban J connectivity index is 1.13. The van der Waals surface area contributed by atoms with Gasteiger partial charge < -0.3 is 29.8 Å². The molecule has 0 bridgehead atoms. The van der Waals surface area contributed by atoms with Crippen LogP contribution in [0.1, 0.15) is 36.5 Å². The van der Waals surface area contributed by atoms with Crippen LogP contribution < -0.4 is 15.2 Å². The molecule has 0 unspecified atom stereocenters. The van der Waals surface area contributed by atoms with E-state index >= 15 is 0 Å². The smallest absolute Gasteiger partial charge is 0.228 e. The number of aryl methyl sites for hydroxylation is 1. The molecule has 1 aliphatic heterocycles. The van der Waals surface area contributed by atoms with Gasteiger partial charge in [-0.1, -0.05) is 98.0 Å². The van der Waals surface area contributed by atoms with E-state index in [1.165, 1.54) is 10.8 Å². The quantitative estimate of drug-likeness (QED) is 0.100. The molecule has 1 aliphatic rings. The van der Waals surface area contributed by atoms with Gasteiger partial charge in [-0.15, -0.1) is 0 Å². The fourth-order valence-electron chi connectivity index (χ4n) is 8.08. The molecule has 1 fully saturated rings. The number of ether oxygens (including phenoxy) is 2. The number of fused-ring (bicyclic) bond motifs is 1. The summed E-state index contributed by atoms with van der Waals surface area (Å²) >= 11 is 0. The first kappa shape index (κ1) is 37.1. The lowest BCUT2D eigenvalue weighted by molar-refractivity contribution is -0.135. The standard InChI is InChI=1S/C43H51N3O5Si/c1-30-39(23-16-31-14-17-34(18-15-31)45-41(48)26-33-28-44-38-13-9-8-12-37(33)38)51-40(43(30)52(3,4)36-21-19-35(50-2)20-22-36)27-42(49)46(24-25-47)29-32-10-6-5-7-11-32/h5-15,17-22,28,30,39-40,43-44,47H,16,23-27,29H2,1-4H3,(H,45,48)/t30-,39+,40-,43+/m1/s1. The maximum Gasteiger partial charge on any atom is 0.228 e. The van der Waals surface area contributed by atoms with Crippen molar-refractivity contribution < 1.29 is 24.2 Å². The van der Waals surface area contributed by atoms with Crippen LogP contribution in [0.5, 0.6) is 5.75 Å². The molecule has 0 aliphatic carbocycles. The Kier molecular flexibility index (Phi) is 11.9. The second-order valence-corrected chi connectivity index (χ2v) is 19.3. The number of H-pyrrole nitrogens is 1. The third-order valence-corrected chi connectivity index (χ3v) is 15.3. The number of nitrogens with zero attached hydrogens (tertiary/aromatic N) is 1. The van der Waals surface area contributed by atoms with Gasteiger partial charge in [-0.05, 0) is 71.3 Å². The van der Waals surface area contributed by atoms with Gasteiger partial charge in [-0.2, -0.15) is 0 Å². The second-order valence-electron chi connectivity index (χ2n) is 14.6. The molecular formula is C43H51N3O5Si. The minimum absolute atomic E-state index is 0.00242. The van der Waals surface area contributed by atoms with Crippen LogP contribution >= 0.6 is 0 Å². The summed E-state index contributed by atoms with van der Waals surface area (Å²) < 4.78 is 12.4. The normalized spacial score (nSPS) is 18.7. The number of aromatic amines is 1. The zero-order valence-electron chi connectivity index (χ0n) is 30.7. The maximum absolute atomic E-state index is 13.9. The van der Waals surface area contributed by atoms with Crippen LogP contribution in [0.25, 0.3) is 10.9 Å². The van der Waals surface area contributed by atoms with Gasteiger partial charge in [0.15, 0.2) is 0 Å². The number of aromatic nitrogens is 1. The van der Waals surface area contributed by atoms with Crippen molar-refractivity contribution in [3.63, 3.8) is 0 Å². The van der Waals surface area contributed by atoms with Crippen molar-refractivity contribution in [3.8, 4) is 5.75 Å². The summed E-state index contributed by atoms with van der Waals surface area (Å²) in [6.45, 7) is 7.71. The van der Waals surface area contributed by atoms with Crippen molar-refractivity contribution >= 4 is 41.7 Å². The minimum Gasteiger partial charge on any atom is -0.497 e. The van der Waals surface area contributed by atoms with Crippen molar-refractivity contribution in [1.82, 2.24) is 9.88 Å². The molecule has 5 aromatic rings. The number of aliphatic hydroxyl groups is 1. The fraction of sp³-hybridized carbons (Fsp3) is 0.349. The predicted octanol–water partition coefficient (Wildman–Crippen LogP) is 7.09. The zero-order chi connectivity index (χ0) is 36.7. The van der Waals surface area contributed by atoms with Gasteiger partial charge >= 0.3 is 0 Å². The Morgan fingerprint density at radius 2 is 1.62 bits per heavy atom. The maximum atomic E-state index is 13.9. The molecule has 6 rings (SSSR count). The van der Waals surface area contributed by atoms with E-state index in [1.54, 1.807) is 12.0 Å². The zero-order valence-corrected chi connectivity index (χ0v) is 31.7. The van der Waals surface area contributed by atoms with Gasteiger partial charge in [-0.25, -0.2) is 0 Å². The number of methoxy groups -OCH3 is 1. The van der Waals surface area contributed by atoms with Crippen LogP contribution in [0.4, 0.5) is 5.69 Å². The van der Waals surface area contributed by atoms with E-state index < -0.39 is 8.07 Å². The first-order chi connectivity index (χ1) is 25.2. The highest BCUT2D eigenvalue weighted by molar-refractivity contribution is 6.91. The first-order valence-corrected chi connectivity index (χ1v) is 21.4. The number of anilines is 1. The molecule has 0 radical (unpaired) electrons. The van der Waals surface area contributed by atoms with Crippen molar-refractivity contribution in [3.05, 3.63) is 126 Å². The van der Waals surface area contributed by atoms with Crippen LogP contribution in [0.15, 0.2) is 109 Å². The average Bonchev–Trinajstić information content (AvgIpc) is 3.71. The number of benzene rings is 4.